The Morgan fingerprint density at radius 3 is 2.70 bits per heavy atom. The van der Waals surface area contributed by atoms with Crippen LogP contribution in [0.5, 0.6) is 0 Å². The van der Waals surface area contributed by atoms with Crippen molar-refractivity contribution in [1.82, 2.24) is 5.32 Å². The molecule has 0 saturated heterocycles. The lowest BCUT2D eigenvalue weighted by Gasteiger charge is -2.28. The summed E-state index contributed by atoms with van der Waals surface area (Å²) in [7, 11) is 0. The third-order valence-electron chi connectivity index (χ3n) is 6.02. The van der Waals surface area contributed by atoms with Crippen LogP contribution in [0.15, 0.2) is 12.2 Å². The lowest BCUT2D eigenvalue weighted by atomic mass is 9.78. The zero-order valence-corrected chi connectivity index (χ0v) is 15.5. The van der Waals surface area contributed by atoms with Crippen LogP contribution in [-0.2, 0) is 4.79 Å². The SMILES string of the molecule is CCCCCC=CC1C2CCC(C2)C1C(=O)NCC(C)CCC. The molecule has 2 bridgehead atoms. The van der Waals surface area contributed by atoms with Gasteiger partial charge in [-0.05, 0) is 62.2 Å². The molecule has 0 radical (unpaired) electrons. The molecule has 2 aliphatic carbocycles. The average Bonchev–Trinajstić information content (AvgIpc) is 3.14. The van der Waals surface area contributed by atoms with Gasteiger partial charge in [0, 0.05) is 12.5 Å². The first kappa shape index (κ1) is 18.5. The molecule has 2 nitrogen and oxygen atoms in total. The minimum absolute atomic E-state index is 0.255. The van der Waals surface area contributed by atoms with E-state index in [0.717, 1.165) is 12.5 Å². The van der Waals surface area contributed by atoms with E-state index in [0.29, 0.717) is 23.7 Å². The number of carbonyl (C=O) groups is 1. The molecule has 0 aromatic carbocycles. The van der Waals surface area contributed by atoms with Crippen LogP contribution in [0.1, 0.15) is 78.6 Å². The molecule has 5 atom stereocenters. The summed E-state index contributed by atoms with van der Waals surface area (Å²) in [5.41, 5.74) is 0. The largest absolute Gasteiger partial charge is 0.356 e. The molecule has 0 aliphatic heterocycles. The zero-order valence-electron chi connectivity index (χ0n) is 15.5. The van der Waals surface area contributed by atoms with E-state index in [1.807, 2.05) is 0 Å². The van der Waals surface area contributed by atoms with E-state index in [9.17, 15) is 4.79 Å². The van der Waals surface area contributed by atoms with Gasteiger partial charge in [-0.25, -0.2) is 0 Å². The molecule has 0 aromatic heterocycles. The summed E-state index contributed by atoms with van der Waals surface area (Å²) in [4.78, 5) is 12.7. The fourth-order valence-corrected chi connectivity index (χ4v) is 4.75. The van der Waals surface area contributed by atoms with Gasteiger partial charge >= 0.3 is 0 Å². The van der Waals surface area contributed by atoms with E-state index < -0.39 is 0 Å². The first-order valence-electron chi connectivity index (χ1n) is 10.1. The monoisotopic (exact) mass is 319 g/mol. The summed E-state index contributed by atoms with van der Waals surface area (Å²) in [5, 5.41) is 3.26. The maximum absolute atomic E-state index is 12.7. The van der Waals surface area contributed by atoms with Crippen molar-refractivity contribution in [2.45, 2.75) is 78.6 Å². The number of amides is 1. The van der Waals surface area contributed by atoms with Crippen molar-refractivity contribution < 1.29 is 4.79 Å². The van der Waals surface area contributed by atoms with Crippen LogP contribution in [-0.4, -0.2) is 12.5 Å². The number of nitrogens with one attached hydrogen (secondary N) is 1. The summed E-state index contributed by atoms with van der Waals surface area (Å²) < 4.78 is 0. The first-order valence-corrected chi connectivity index (χ1v) is 10.1. The Balaban J connectivity index is 1.86. The van der Waals surface area contributed by atoms with Crippen LogP contribution in [0.25, 0.3) is 0 Å². The molecule has 0 heterocycles. The average molecular weight is 320 g/mol. The van der Waals surface area contributed by atoms with Crippen LogP contribution >= 0.6 is 0 Å². The van der Waals surface area contributed by atoms with E-state index in [2.05, 4.69) is 38.2 Å². The van der Waals surface area contributed by atoms with E-state index in [1.165, 1.54) is 57.8 Å². The number of carbonyl (C=O) groups excluding carboxylic acids is 1. The Kier molecular flexibility index (Phi) is 7.65. The molecular weight excluding hydrogens is 282 g/mol. The van der Waals surface area contributed by atoms with E-state index >= 15 is 0 Å². The minimum atomic E-state index is 0.255. The second-order valence-electron chi connectivity index (χ2n) is 8.00. The minimum Gasteiger partial charge on any atom is -0.356 e. The number of unbranched alkanes of at least 4 members (excludes halogenated alkanes) is 3. The Morgan fingerprint density at radius 2 is 1.96 bits per heavy atom. The molecule has 2 rings (SSSR count). The molecule has 0 spiro atoms. The van der Waals surface area contributed by atoms with Crippen molar-refractivity contribution >= 4 is 5.91 Å². The second-order valence-corrected chi connectivity index (χ2v) is 8.00. The molecule has 23 heavy (non-hydrogen) atoms. The first-order chi connectivity index (χ1) is 11.2. The number of rotatable bonds is 10. The summed E-state index contributed by atoms with van der Waals surface area (Å²) in [6, 6.07) is 0. The molecule has 2 saturated carbocycles. The number of fused-ring (bicyclic) bond motifs is 2. The molecule has 2 fully saturated rings. The van der Waals surface area contributed by atoms with Crippen LogP contribution in [0.2, 0.25) is 0 Å². The predicted molar refractivity (Wildman–Crippen MR) is 98.2 cm³/mol. The van der Waals surface area contributed by atoms with Crippen molar-refractivity contribution in [3.63, 3.8) is 0 Å². The quantitative estimate of drug-likeness (QED) is 0.427. The van der Waals surface area contributed by atoms with Gasteiger partial charge in [-0.2, -0.15) is 0 Å². The third-order valence-corrected chi connectivity index (χ3v) is 6.02. The van der Waals surface area contributed by atoms with E-state index in [1.54, 1.807) is 0 Å². The number of hydrogen-bond acceptors (Lipinski definition) is 1. The summed E-state index contributed by atoms with van der Waals surface area (Å²) in [6.45, 7) is 7.57. The lowest BCUT2D eigenvalue weighted by molar-refractivity contribution is -0.127. The van der Waals surface area contributed by atoms with Gasteiger partial charge in [0.05, 0.1) is 0 Å². The molecule has 132 valence electrons. The molecule has 0 aromatic rings. The van der Waals surface area contributed by atoms with Crippen molar-refractivity contribution in [2.75, 3.05) is 6.54 Å². The smallest absolute Gasteiger partial charge is 0.224 e. The van der Waals surface area contributed by atoms with Gasteiger partial charge < -0.3 is 5.32 Å². The standard InChI is InChI=1S/C21H37NO/c1-4-6-7-8-9-11-19-17-12-13-18(14-17)20(19)21(23)22-15-16(3)10-5-2/h9,11,16-20H,4-8,10,12-15H2,1-3H3,(H,22,23). The Morgan fingerprint density at radius 1 is 1.17 bits per heavy atom. The zero-order chi connectivity index (χ0) is 16.7. The van der Waals surface area contributed by atoms with Gasteiger partial charge in [-0.15, -0.1) is 0 Å². The number of allylic oxidation sites excluding steroid dienone is 2. The highest BCUT2D eigenvalue weighted by Gasteiger charge is 2.49. The highest BCUT2D eigenvalue weighted by atomic mass is 16.1. The molecular formula is C21H37NO. The van der Waals surface area contributed by atoms with E-state index in [-0.39, 0.29) is 5.92 Å². The summed E-state index contributed by atoms with van der Waals surface area (Å²) >= 11 is 0. The van der Waals surface area contributed by atoms with Gasteiger partial charge in [0.15, 0.2) is 0 Å². The van der Waals surface area contributed by atoms with Gasteiger partial charge in [0.25, 0.3) is 0 Å². The van der Waals surface area contributed by atoms with Crippen LogP contribution in [0.3, 0.4) is 0 Å². The van der Waals surface area contributed by atoms with Crippen molar-refractivity contribution in [1.29, 1.82) is 0 Å². The van der Waals surface area contributed by atoms with Crippen LogP contribution in [0, 0.1) is 29.6 Å². The molecule has 5 unspecified atom stereocenters. The van der Waals surface area contributed by atoms with Crippen LogP contribution in [0.4, 0.5) is 0 Å². The fraction of sp³-hybridized carbons (Fsp3) is 0.857. The lowest BCUT2D eigenvalue weighted by Crippen LogP contribution is -2.39. The van der Waals surface area contributed by atoms with Crippen molar-refractivity contribution in [3.8, 4) is 0 Å². The Hall–Kier alpha value is -0.790. The van der Waals surface area contributed by atoms with E-state index in [4.69, 9.17) is 0 Å². The topological polar surface area (TPSA) is 29.1 Å². The maximum Gasteiger partial charge on any atom is 0.224 e. The number of hydrogen-bond donors (Lipinski definition) is 1. The predicted octanol–water partition coefficient (Wildman–Crippen LogP) is 5.34. The molecule has 2 aliphatic rings. The maximum atomic E-state index is 12.7. The summed E-state index contributed by atoms with van der Waals surface area (Å²) in [6.07, 6.45) is 16.1. The fourth-order valence-electron chi connectivity index (χ4n) is 4.75. The molecule has 2 heteroatoms. The Bertz CT molecular complexity index is 389. The van der Waals surface area contributed by atoms with Gasteiger partial charge in [-0.3, -0.25) is 4.79 Å². The highest BCUT2D eigenvalue weighted by molar-refractivity contribution is 5.80. The van der Waals surface area contributed by atoms with Gasteiger partial charge in [0.1, 0.15) is 0 Å². The van der Waals surface area contributed by atoms with Crippen molar-refractivity contribution in [3.05, 3.63) is 12.2 Å². The molecule has 1 N–H and O–H groups in total. The molecule has 1 amide bonds. The van der Waals surface area contributed by atoms with Gasteiger partial charge in [0.2, 0.25) is 5.91 Å². The van der Waals surface area contributed by atoms with Gasteiger partial charge in [-0.1, -0.05) is 52.2 Å². The highest BCUT2D eigenvalue weighted by Crippen LogP contribution is 2.52. The summed E-state index contributed by atoms with van der Waals surface area (Å²) in [5.74, 6) is 3.12. The van der Waals surface area contributed by atoms with Crippen LogP contribution < -0.4 is 5.32 Å². The second kappa shape index (κ2) is 9.49. The third kappa shape index (κ3) is 5.09. The normalized spacial score (nSPS) is 30.9. The Labute approximate surface area is 143 Å². The van der Waals surface area contributed by atoms with Crippen molar-refractivity contribution in [2.24, 2.45) is 29.6 Å².